The van der Waals surface area contributed by atoms with Crippen molar-refractivity contribution in [3.05, 3.63) is 299 Å². The summed E-state index contributed by atoms with van der Waals surface area (Å²) in [5.74, 6) is 1.58. The number of hydrogen-bond donors (Lipinski definition) is 0. The maximum absolute atomic E-state index is 9.31. The molecule has 3 aromatic heterocycles. The molecule has 0 saturated carbocycles. The van der Waals surface area contributed by atoms with Crippen molar-refractivity contribution in [3.63, 3.8) is 0 Å². The van der Waals surface area contributed by atoms with Crippen molar-refractivity contribution in [1.82, 2.24) is 24.1 Å². The second-order valence-electron chi connectivity index (χ2n) is 24.4. The van der Waals surface area contributed by atoms with Gasteiger partial charge in [-0.25, -0.2) is 19.8 Å². The van der Waals surface area contributed by atoms with Gasteiger partial charge in [0.05, 0.1) is 34.3 Å². The van der Waals surface area contributed by atoms with Gasteiger partial charge in [-0.1, -0.05) is 204 Å². The maximum Gasteiger partial charge on any atom is 0.197 e. The molecule has 0 radical (unpaired) electrons. The van der Waals surface area contributed by atoms with Crippen molar-refractivity contribution >= 4 is 49.3 Å². The minimum absolute atomic E-state index is 0.485. The predicted molar refractivity (Wildman–Crippen MR) is 376 cm³/mol. The van der Waals surface area contributed by atoms with Gasteiger partial charge in [0, 0.05) is 55.0 Å². The van der Waals surface area contributed by atoms with Gasteiger partial charge in [-0.15, -0.1) is 0 Å². The van der Waals surface area contributed by atoms with Crippen LogP contribution >= 0.6 is 0 Å². The Hall–Kier alpha value is -11.3. The Morgan fingerprint density at radius 1 is 0.278 bits per heavy atom. The number of aryl methyl sites for hydroxylation is 8. The Labute approximate surface area is 525 Å². The van der Waals surface area contributed by atoms with E-state index in [1.54, 1.807) is 0 Å². The molecule has 0 amide bonds. The zero-order chi connectivity index (χ0) is 61.5. The third-order valence-corrected chi connectivity index (χ3v) is 18.2. The Bertz CT molecular complexity index is 5190. The van der Waals surface area contributed by atoms with Gasteiger partial charge in [0.15, 0.2) is 23.2 Å². The van der Waals surface area contributed by atoms with E-state index < -0.39 is 0 Å². The Kier molecular flexibility index (Phi) is 13.6. The van der Waals surface area contributed by atoms with Gasteiger partial charge < -0.3 is 9.13 Å². The fourth-order valence-electron chi connectivity index (χ4n) is 14.0. The Morgan fingerprint density at radius 3 is 0.956 bits per heavy atom. The van der Waals surface area contributed by atoms with Gasteiger partial charge in [0.1, 0.15) is 0 Å². The first kappa shape index (κ1) is 55.3. The third kappa shape index (κ3) is 9.55. The molecule has 0 atom stereocenters. The number of rotatable bonds is 10. The lowest BCUT2D eigenvalue weighted by Crippen LogP contribution is -2.06. The first-order valence-electron chi connectivity index (χ1n) is 30.8. The summed E-state index contributed by atoms with van der Waals surface area (Å²) < 4.78 is 4.81. The number of nitrogens with zero attached hydrogens (tertiary/aromatic N) is 6. The van der Waals surface area contributed by atoms with Crippen LogP contribution in [0.25, 0.3) is 150 Å². The summed E-state index contributed by atoms with van der Waals surface area (Å²) in [6, 6.07) is 87.5. The molecule has 12 aromatic carbocycles. The van der Waals surface area contributed by atoms with E-state index in [9.17, 15) is 6.57 Å². The minimum atomic E-state index is 0.485. The highest BCUT2D eigenvalue weighted by Crippen LogP contribution is 2.50. The standard InChI is InChI=1S/C84H64N6/c1-50-26-34-64(54(5)42-50)60-30-38-74-69(46-60)70-47-61(65-35-27-51(2)43-55(65)6)31-39-75(70)89(74)78-24-16-22-68(84-87-82(58-18-12-10-13-19-58)86-83(88-84)59-20-14-11-15-21-59)80(78)81-73(85-9)23-17-25-79(81)90-76-40-32-62(66-36-28-52(3)44-56(66)7)48-71(76)72-49-63(33-41-77(72)90)67-37-29-53(4)45-57(67)8/h10-49H,1-8H3. The molecular formula is C84H64N6. The topological polar surface area (TPSA) is 52.9 Å². The fraction of sp³-hybridized carbons (Fsp3) is 0.0952. The minimum Gasteiger partial charge on any atom is -0.310 e. The summed E-state index contributed by atoms with van der Waals surface area (Å²) in [5.41, 5.74) is 29.5. The second kappa shape index (κ2) is 22.2. The first-order valence-corrected chi connectivity index (χ1v) is 30.8. The van der Waals surface area contributed by atoms with Crippen LogP contribution in [-0.4, -0.2) is 24.1 Å². The highest BCUT2D eigenvalue weighted by atomic mass is 15.0. The van der Waals surface area contributed by atoms with E-state index in [1.165, 1.54) is 66.8 Å². The van der Waals surface area contributed by atoms with E-state index in [1.807, 2.05) is 72.8 Å². The average Bonchev–Trinajstić information content (AvgIpc) is 1.64. The van der Waals surface area contributed by atoms with E-state index in [0.717, 1.165) is 105 Å². The van der Waals surface area contributed by atoms with Crippen LogP contribution in [-0.2, 0) is 0 Å². The lowest BCUT2D eigenvalue weighted by Gasteiger charge is -2.22. The number of aromatic nitrogens is 5. The molecular weight excluding hydrogens is 1090 g/mol. The smallest absolute Gasteiger partial charge is 0.197 e. The monoisotopic (exact) mass is 1160 g/mol. The number of hydrogen-bond acceptors (Lipinski definition) is 3. The molecule has 0 fully saturated rings. The van der Waals surface area contributed by atoms with E-state index in [-0.39, 0.29) is 0 Å². The van der Waals surface area contributed by atoms with Crippen molar-refractivity contribution in [2.75, 3.05) is 0 Å². The summed E-state index contributed by atoms with van der Waals surface area (Å²) >= 11 is 0. The van der Waals surface area contributed by atoms with Gasteiger partial charge >= 0.3 is 0 Å². The molecule has 0 saturated heterocycles. The van der Waals surface area contributed by atoms with Crippen molar-refractivity contribution in [1.29, 1.82) is 0 Å². The molecule has 15 rings (SSSR count). The highest BCUT2D eigenvalue weighted by molar-refractivity contribution is 6.15. The molecule has 15 aromatic rings. The normalized spacial score (nSPS) is 11.5. The average molecular weight is 1160 g/mol. The van der Waals surface area contributed by atoms with Crippen LogP contribution in [0.1, 0.15) is 44.5 Å². The number of benzene rings is 12. The van der Waals surface area contributed by atoms with Crippen molar-refractivity contribution in [2.24, 2.45) is 0 Å². The van der Waals surface area contributed by atoms with Gasteiger partial charge in [-0.3, -0.25) is 0 Å². The third-order valence-electron chi connectivity index (χ3n) is 18.2. The molecule has 0 aliphatic rings. The summed E-state index contributed by atoms with van der Waals surface area (Å²) in [5, 5.41) is 4.45. The van der Waals surface area contributed by atoms with Crippen LogP contribution in [0.5, 0.6) is 0 Å². The van der Waals surface area contributed by atoms with Gasteiger partial charge in [-0.05, 0) is 183 Å². The van der Waals surface area contributed by atoms with Crippen LogP contribution < -0.4 is 0 Å². The number of fused-ring (bicyclic) bond motifs is 6. The molecule has 3 heterocycles. The largest absolute Gasteiger partial charge is 0.310 e. The van der Waals surface area contributed by atoms with Crippen molar-refractivity contribution in [3.8, 4) is 101 Å². The van der Waals surface area contributed by atoms with Gasteiger partial charge in [0.25, 0.3) is 0 Å². The van der Waals surface area contributed by atoms with Crippen LogP contribution in [0, 0.1) is 62.0 Å². The maximum atomic E-state index is 9.31. The van der Waals surface area contributed by atoms with Crippen LogP contribution in [0.3, 0.4) is 0 Å². The van der Waals surface area contributed by atoms with E-state index in [2.05, 4.69) is 239 Å². The zero-order valence-corrected chi connectivity index (χ0v) is 51.8. The van der Waals surface area contributed by atoms with Gasteiger partial charge in [-0.2, -0.15) is 0 Å². The Morgan fingerprint density at radius 2 is 0.611 bits per heavy atom. The molecule has 0 N–H and O–H groups in total. The van der Waals surface area contributed by atoms with E-state index >= 15 is 0 Å². The SMILES string of the molecule is [C-]#[N+]c1cccc(-n2c3ccc(-c4ccc(C)cc4C)cc3c3cc(-c4ccc(C)cc4C)ccc32)c1-c1c(-c2nc(-c3ccccc3)nc(-c3ccccc3)n2)cccc1-n1c2ccc(-c3ccc(C)cc3C)cc2c2cc(-c3ccc(C)cc3C)ccc21. The molecule has 430 valence electrons. The lowest BCUT2D eigenvalue weighted by molar-refractivity contribution is 1.07. The van der Waals surface area contributed by atoms with Crippen molar-refractivity contribution < 1.29 is 0 Å². The van der Waals surface area contributed by atoms with E-state index in [0.29, 0.717) is 23.2 Å². The first-order chi connectivity index (χ1) is 43.8. The molecule has 6 heteroatoms. The Balaban J connectivity index is 1.08. The lowest BCUT2D eigenvalue weighted by atomic mass is 9.93. The van der Waals surface area contributed by atoms with Crippen LogP contribution in [0.2, 0.25) is 0 Å². The van der Waals surface area contributed by atoms with E-state index in [4.69, 9.17) is 15.0 Å². The fourth-order valence-corrected chi connectivity index (χ4v) is 14.0. The molecule has 0 aliphatic carbocycles. The molecule has 0 unspecified atom stereocenters. The van der Waals surface area contributed by atoms with Crippen LogP contribution in [0.15, 0.2) is 243 Å². The molecule has 0 bridgehead atoms. The molecule has 90 heavy (non-hydrogen) atoms. The van der Waals surface area contributed by atoms with Crippen molar-refractivity contribution in [2.45, 2.75) is 55.4 Å². The highest BCUT2D eigenvalue weighted by Gasteiger charge is 2.28. The zero-order valence-electron chi connectivity index (χ0n) is 51.8. The molecule has 6 nitrogen and oxygen atoms in total. The second-order valence-corrected chi connectivity index (χ2v) is 24.4. The predicted octanol–water partition coefficient (Wildman–Crippen LogP) is 22.4. The summed E-state index contributed by atoms with van der Waals surface area (Å²) in [4.78, 5) is 20.7. The van der Waals surface area contributed by atoms with Gasteiger partial charge in [0.2, 0.25) is 0 Å². The van der Waals surface area contributed by atoms with Crippen LogP contribution in [0.4, 0.5) is 5.69 Å². The molecule has 0 spiro atoms. The molecule has 0 aliphatic heterocycles. The summed E-state index contributed by atoms with van der Waals surface area (Å²) in [6.07, 6.45) is 0. The summed E-state index contributed by atoms with van der Waals surface area (Å²) in [7, 11) is 0. The summed E-state index contributed by atoms with van der Waals surface area (Å²) in [6.45, 7) is 26.7. The quantitative estimate of drug-likeness (QED) is 0.128.